The Bertz CT molecular complexity index is 98.6. The molecule has 0 aromatic carbocycles. The molecule has 0 spiro atoms. The van der Waals surface area contributed by atoms with E-state index in [0.29, 0.717) is 5.25 Å². The standard InChI is InChI=1S/C5H11NOS/c1-8(7)5-2-3-6-4-5/h5-6H,2-4H2,1H3/t5-,8?/m0/s1. The lowest BCUT2D eigenvalue weighted by molar-refractivity contribution is 0.676. The monoisotopic (exact) mass is 133 g/mol. The van der Waals surface area contributed by atoms with Crippen LogP contribution in [0.5, 0.6) is 0 Å². The lowest BCUT2D eigenvalue weighted by Crippen LogP contribution is -2.17. The van der Waals surface area contributed by atoms with E-state index in [1.54, 1.807) is 6.26 Å². The Hall–Kier alpha value is 0.110. The van der Waals surface area contributed by atoms with Crippen molar-refractivity contribution in [2.45, 2.75) is 11.7 Å². The first-order valence-electron chi connectivity index (χ1n) is 2.83. The molecule has 0 radical (unpaired) electrons. The van der Waals surface area contributed by atoms with Gasteiger partial charge in [-0.25, -0.2) is 0 Å². The van der Waals surface area contributed by atoms with Crippen molar-refractivity contribution >= 4 is 10.8 Å². The minimum Gasteiger partial charge on any atom is -0.315 e. The van der Waals surface area contributed by atoms with Crippen LogP contribution in [0.3, 0.4) is 0 Å². The first-order valence-corrected chi connectivity index (χ1v) is 4.46. The van der Waals surface area contributed by atoms with E-state index in [-0.39, 0.29) is 0 Å². The minimum atomic E-state index is -0.603. The Labute approximate surface area is 52.1 Å². The van der Waals surface area contributed by atoms with E-state index in [1.165, 1.54) is 0 Å². The number of hydrogen-bond donors (Lipinski definition) is 1. The van der Waals surface area contributed by atoms with Crippen LogP contribution >= 0.6 is 0 Å². The van der Waals surface area contributed by atoms with E-state index in [1.807, 2.05) is 0 Å². The number of hydrogen-bond acceptors (Lipinski definition) is 2. The van der Waals surface area contributed by atoms with Gasteiger partial charge in [-0.05, 0) is 13.0 Å². The van der Waals surface area contributed by atoms with Crippen LogP contribution in [0.4, 0.5) is 0 Å². The van der Waals surface area contributed by atoms with Crippen molar-refractivity contribution in [3.63, 3.8) is 0 Å². The van der Waals surface area contributed by atoms with Gasteiger partial charge in [0.1, 0.15) is 0 Å². The zero-order chi connectivity index (χ0) is 5.98. The molecule has 1 heterocycles. The number of rotatable bonds is 1. The minimum absolute atomic E-state index is 0.426. The second-order valence-corrected chi connectivity index (χ2v) is 3.78. The van der Waals surface area contributed by atoms with Crippen LogP contribution in [0.25, 0.3) is 0 Å². The van der Waals surface area contributed by atoms with E-state index in [0.717, 1.165) is 19.5 Å². The molecule has 1 rings (SSSR count). The summed E-state index contributed by atoms with van der Waals surface area (Å²) in [5.74, 6) is 0. The highest BCUT2D eigenvalue weighted by atomic mass is 32.2. The Kier molecular flexibility index (Phi) is 2.02. The largest absolute Gasteiger partial charge is 0.315 e. The maximum atomic E-state index is 10.7. The topological polar surface area (TPSA) is 29.1 Å². The van der Waals surface area contributed by atoms with Crippen molar-refractivity contribution in [2.75, 3.05) is 19.3 Å². The molecule has 0 saturated carbocycles. The smallest absolute Gasteiger partial charge is 0.0481 e. The van der Waals surface area contributed by atoms with E-state index >= 15 is 0 Å². The van der Waals surface area contributed by atoms with Gasteiger partial charge in [-0.3, -0.25) is 4.21 Å². The predicted molar refractivity (Wildman–Crippen MR) is 35.3 cm³/mol. The molecule has 1 saturated heterocycles. The molecule has 2 nitrogen and oxygen atoms in total. The summed E-state index contributed by atoms with van der Waals surface area (Å²) in [6.07, 6.45) is 2.86. The van der Waals surface area contributed by atoms with Crippen molar-refractivity contribution in [2.24, 2.45) is 0 Å². The average molecular weight is 133 g/mol. The summed E-state index contributed by atoms with van der Waals surface area (Å²) < 4.78 is 10.7. The van der Waals surface area contributed by atoms with Crippen molar-refractivity contribution in [1.29, 1.82) is 0 Å². The first kappa shape index (κ1) is 6.23. The molecule has 2 atom stereocenters. The van der Waals surface area contributed by atoms with Crippen molar-refractivity contribution < 1.29 is 4.21 Å². The summed E-state index contributed by atoms with van der Waals surface area (Å²) in [7, 11) is -0.603. The van der Waals surface area contributed by atoms with Crippen LogP contribution in [0.2, 0.25) is 0 Å². The van der Waals surface area contributed by atoms with Crippen LogP contribution in [0.15, 0.2) is 0 Å². The molecular formula is C5H11NOS. The van der Waals surface area contributed by atoms with Crippen LogP contribution < -0.4 is 5.32 Å². The summed E-state index contributed by atoms with van der Waals surface area (Å²) >= 11 is 0. The summed E-state index contributed by atoms with van der Waals surface area (Å²) in [5.41, 5.74) is 0. The molecule has 0 amide bonds. The second-order valence-electron chi connectivity index (χ2n) is 2.11. The zero-order valence-electron chi connectivity index (χ0n) is 5.02. The summed E-state index contributed by atoms with van der Waals surface area (Å²) in [6, 6.07) is 0. The molecule has 0 bridgehead atoms. The summed E-state index contributed by atoms with van der Waals surface area (Å²) in [4.78, 5) is 0. The van der Waals surface area contributed by atoms with Gasteiger partial charge < -0.3 is 5.32 Å². The van der Waals surface area contributed by atoms with Crippen LogP contribution in [0.1, 0.15) is 6.42 Å². The van der Waals surface area contributed by atoms with E-state index in [4.69, 9.17) is 0 Å². The summed E-state index contributed by atoms with van der Waals surface area (Å²) in [5, 5.41) is 3.59. The lowest BCUT2D eigenvalue weighted by atomic mass is 10.4. The highest BCUT2D eigenvalue weighted by molar-refractivity contribution is 7.84. The molecule has 1 fully saturated rings. The van der Waals surface area contributed by atoms with E-state index < -0.39 is 10.8 Å². The molecule has 1 unspecified atom stereocenters. The van der Waals surface area contributed by atoms with Crippen LogP contribution in [0, 0.1) is 0 Å². The molecule has 0 aliphatic carbocycles. The third kappa shape index (κ3) is 1.29. The molecule has 3 heteroatoms. The summed E-state index contributed by atoms with van der Waals surface area (Å²) in [6.45, 7) is 1.99. The first-order chi connectivity index (χ1) is 3.80. The molecule has 48 valence electrons. The van der Waals surface area contributed by atoms with Gasteiger partial charge in [0, 0.05) is 28.9 Å². The van der Waals surface area contributed by atoms with Gasteiger partial charge in [-0.2, -0.15) is 0 Å². The van der Waals surface area contributed by atoms with Crippen molar-refractivity contribution in [1.82, 2.24) is 5.32 Å². The third-order valence-electron chi connectivity index (χ3n) is 1.48. The van der Waals surface area contributed by atoms with E-state index in [2.05, 4.69) is 5.32 Å². The Morgan fingerprint density at radius 1 is 1.75 bits per heavy atom. The SMILES string of the molecule is CS(=O)[C@H]1CCNC1. The Morgan fingerprint density at radius 3 is 2.75 bits per heavy atom. The fourth-order valence-electron chi connectivity index (χ4n) is 0.911. The Balaban J connectivity index is 2.35. The molecule has 1 N–H and O–H groups in total. The van der Waals surface area contributed by atoms with E-state index in [9.17, 15) is 4.21 Å². The Morgan fingerprint density at radius 2 is 2.50 bits per heavy atom. The van der Waals surface area contributed by atoms with Gasteiger partial charge in [0.25, 0.3) is 0 Å². The second kappa shape index (κ2) is 2.60. The van der Waals surface area contributed by atoms with Gasteiger partial charge in [-0.1, -0.05) is 0 Å². The van der Waals surface area contributed by atoms with Crippen LogP contribution in [-0.2, 0) is 10.8 Å². The fourth-order valence-corrected chi connectivity index (χ4v) is 1.71. The molecular weight excluding hydrogens is 122 g/mol. The van der Waals surface area contributed by atoms with Crippen molar-refractivity contribution in [3.8, 4) is 0 Å². The molecule has 0 aromatic rings. The van der Waals surface area contributed by atoms with Crippen LogP contribution in [-0.4, -0.2) is 28.8 Å². The zero-order valence-corrected chi connectivity index (χ0v) is 5.83. The normalized spacial score (nSPS) is 32.9. The van der Waals surface area contributed by atoms with Gasteiger partial charge in [0.15, 0.2) is 0 Å². The van der Waals surface area contributed by atoms with Crippen molar-refractivity contribution in [3.05, 3.63) is 0 Å². The predicted octanol–water partition coefficient (Wildman–Crippen LogP) is -0.273. The average Bonchev–Trinajstić information content (AvgIpc) is 2.12. The van der Waals surface area contributed by atoms with Gasteiger partial charge in [0.2, 0.25) is 0 Å². The fraction of sp³-hybridized carbons (Fsp3) is 1.00. The highest BCUT2D eigenvalue weighted by Gasteiger charge is 2.16. The highest BCUT2D eigenvalue weighted by Crippen LogP contribution is 2.03. The lowest BCUT2D eigenvalue weighted by Gasteiger charge is -1.99. The van der Waals surface area contributed by atoms with Gasteiger partial charge in [0.05, 0.1) is 0 Å². The molecule has 1 aliphatic rings. The van der Waals surface area contributed by atoms with Gasteiger partial charge in [-0.15, -0.1) is 0 Å². The maximum Gasteiger partial charge on any atom is 0.0481 e. The maximum absolute atomic E-state index is 10.7. The third-order valence-corrected chi connectivity index (χ3v) is 2.83. The molecule has 8 heavy (non-hydrogen) atoms. The quantitative estimate of drug-likeness (QED) is 0.533. The number of nitrogens with one attached hydrogen (secondary N) is 1. The molecule has 1 aliphatic heterocycles. The molecule has 0 aromatic heterocycles. The van der Waals surface area contributed by atoms with Gasteiger partial charge >= 0.3 is 0 Å².